The third-order valence-electron chi connectivity index (χ3n) is 5.75. The fraction of sp³-hybridized carbons (Fsp3) is 0.440. The summed E-state index contributed by atoms with van der Waals surface area (Å²) in [5.74, 6) is 0.737. The van der Waals surface area contributed by atoms with Gasteiger partial charge in [-0.05, 0) is 54.8 Å². The first-order chi connectivity index (χ1) is 14.9. The van der Waals surface area contributed by atoms with E-state index in [9.17, 15) is 9.59 Å². The molecule has 2 aromatic rings. The number of rotatable bonds is 9. The highest BCUT2D eigenvalue weighted by atomic mass is 32.2. The van der Waals surface area contributed by atoms with Gasteiger partial charge in [0.2, 0.25) is 11.8 Å². The summed E-state index contributed by atoms with van der Waals surface area (Å²) >= 11 is 1.63. The summed E-state index contributed by atoms with van der Waals surface area (Å²) in [6.07, 6.45) is 3.96. The number of amides is 2. The second kappa shape index (κ2) is 10.7. The molecule has 5 nitrogen and oxygen atoms in total. The molecule has 0 saturated carbocycles. The molecule has 1 aliphatic rings. The van der Waals surface area contributed by atoms with Gasteiger partial charge in [-0.25, -0.2) is 0 Å². The zero-order valence-electron chi connectivity index (χ0n) is 18.9. The van der Waals surface area contributed by atoms with Crippen LogP contribution >= 0.6 is 11.8 Å². The van der Waals surface area contributed by atoms with Crippen LogP contribution in [0.15, 0.2) is 48.5 Å². The highest BCUT2D eigenvalue weighted by Gasteiger charge is 2.34. The summed E-state index contributed by atoms with van der Waals surface area (Å²) in [6, 6.07) is 16.0. The average Bonchev–Trinajstić information content (AvgIpc) is 3.16. The van der Waals surface area contributed by atoms with Crippen LogP contribution in [0.3, 0.4) is 0 Å². The highest BCUT2D eigenvalue weighted by Crippen LogP contribution is 2.42. The van der Waals surface area contributed by atoms with Gasteiger partial charge in [0.1, 0.15) is 5.37 Å². The van der Waals surface area contributed by atoms with Crippen molar-refractivity contribution in [1.82, 2.24) is 0 Å². The van der Waals surface area contributed by atoms with Crippen LogP contribution in [0.2, 0.25) is 0 Å². The highest BCUT2D eigenvalue weighted by molar-refractivity contribution is 8.00. The van der Waals surface area contributed by atoms with E-state index in [1.54, 1.807) is 11.8 Å². The fourth-order valence-electron chi connectivity index (χ4n) is 3.81. The number of thioether (sulfide) groups is 1. The Morgan fingerprint density at radius 2 is 1.81 bits per heavy atom. The minimum absolute atomic E-state index is 0.0586. The van der Waals surface area contributed by atoms with Crippen molar-refractivity contribution < 1.29 is 9.59 Å². The summed E-state index contributed by atoms with van der Waals surface area (Å²) in [5, 5.41) is 3.00. The van der Waals surface area contributed by atoms with Gasteiger partial charge in [-0.3, -0.25) is 14.5 Å². The van der Waals surface area contributed by atoms with Crippen LogP contribution < -0.4 is 15.1 Å². The normalized spacial score (nSPS) is 17.0. The molecule has 0 unspecified atom stereocenters. The van der Waals surface area contributed by atoms with E-state index in [2.05, 4.69) is 19.2 Å². The maximum Gasteiger partial charge on any atom is 0.238 e. The van der Waals surface area contributed by atoms with Crippen molar-refractivity contribution in [3.63, 3.8) is 0 Å². The first kappa shape index (κ1) is 23.2. The van der Waals surface area contributed by atoms with Gasteiger partial charge in [0.25, 0.3) is 0 Å². The number of hydrogen-bond acceptors (Lipinski definition) is 4. The van der Waals surface area contributed by atoms with Crippen molar-refractivity contribution in [1.29, 1.82) is 0 Å². The number of unbranched alkanes of at least 4 members (excludes halogenated alkanes) is 1. The Morgan fingerprint density at radius 1 is 1.13 bits per heavy atom. The molecule has 0 bridgehead atoms. The largest absolute Gasteiger partial charge is 0.378 e. The number of nitrogens with one attached hydrogen (secondary N) is 1. The van der Waals surface area contributed by atoms with E-state index in [-0.39, 0.29) is 23.1 Å². The zero-order chi connectivity index (χ0) is 22.4. The number of anilines is 3. The molecular weight excluding hydrogens is 406 g/mol. The molecule has 1 aliphatic heterocycles. The number of carbonyl (C=O) groups excluding carboxylic acids is 2. The smallest absolute Gasteiger partial charge is 0.238 e. The Morgan fingerprint density at radius 3 is 2.39 bits per heavy atom. The summed E-state index contributed by atoms with van der Waals surface area (Å²) in [4.78, 5) is 29.1. The Bertz CT molecular complexity index is 881. The van der Waals surface area contributed by atoms with Crippen molar-refractivity contribution in [3.8, 4) is 0 Å². The maximum absolute atomic E-state index is 12.6. The summed E-state index contributed by atoms with van der Waals surface area (Å²) < 4.78 is 0. The van der Waals surface area contributed by atoms with E-state index < -0.39 is 0 Å². The molecule has 1 N–H and O–H groups in total. The van der Waals surface area contributed by atoms with E-state index in [1.807, 2.05) is 72.4 Å². The van der Waals surface area contributed by atoms with Crippen LogP contribution in [0, 0.1) is 5.92 Å². The topological polar surface area (TPSA) is 52.7 Å². The summed E-state index contributed by atoms with van der Waals surface area (Å²) in [7, 11) is 4.00. The molecule has 0 aromatic heterocycles. The van der Waals surface area contributed by atoms with Crippen LogP contribution in [0.25, 0.3) is 0 Å². The molecule has 2 atom stereocenters. The van der Waals surface area contributed by atoms with Crippen LogP contribution in [-0.2, 0) is 9.59 Å². The monoisotopic (exact) mass is 439 g/mol. The van der Waals surface area contributed by atoms with Crippen molar-refractivity contribution in [3.05, 3.63) is 54.1 Å². The fourth-order valence-corrected chi connectivity index (χ4v) is 4.99. The number of nitrogens with zero attached hydrogens (tertiary/aromatic N) is 2. The molecule has 1 saturated heterocycles. The SMILES string of the molecule is CCCC[C@H](CC)C(=O)Nc1ccc([C@H]2SCC(=O)N2c2ccc(N(C)C)cc2)cc1. The Balaban J connectivity index is 1.72. The molecule has 0 radical (unpaired) electrons. The van der Waals surface area contributed by atoms with Crippen LogP contribution in [0.1, 0.15) is 50.5 Å². The summed E-state index contributed by atoms with van der Waals surface area (Å²) in [5.41, 5.74) is 3.87. The van der Waals surface area contributed by atoms with Crippen molar-refractivity contribution in [2.75, 3.05) is 35.0 Å². The third-order valence-corrected chi connectivity index (χ3v) is 6.96. The van der Waals surface area contributed by atoms with E-state index >= 15 is 0 Å². The Kier molecular flexibility index (Phi) is 8.02. The second-order valence-corrected chi connectivity index (χ2v) is 9.27. The number of benzene rings is 2. The molecule has 0 aliphatic carbocycles. The molecule has 0 spiro atoms. The van der Waals surface area contributed by atoms with Gasteiger partial charge < -0.3 is 10.2 Å². The Hall–Kier alpha value is -2.47. The van der Waals surface area contributed by atoms with Crippen LogP contribution in [0.4, 0.5) is 17.1 Å². The standard InChI is InChI=1S/C25H33N3O2S/c1-5-7-8-18(6-2)24(30)26-20-11-9-19(10-12-20)25-28(23(29)17-31-25)22-15-13-21(14-16-22)27(3)4/h9-16,18,25H,5-8,17H2,1-4H3,(H,26,30)/t18-,25+/m0/s1. The van der Waals surface area contributed by atoms with Gasteiger partial charge in [0.05, 0.1) is 5.75 Å². The van der Waals surface area contributed by atoms with Crippen molar-refractivity contribution in [2.45, 2.75) is 44.9 Å². The van der Waals surface area contributed by atoms with Gasteiger partial charge in [0.15, 0.2) is 0 Å². The second-order valence-electron chi connectivity index (χ2n) is 8.20. The molecule has 3 rings (SSSR count). The molecule has 1 fully saturated rings. The van der Waals surface area contributed by atoms with Crippen LogP contribution in [-0.4, -0.2) is 31.7 Å². The van der Waals surface area contributed by atoms with Gasteiger partial charge in [-0.15, -0.1) is 11.8 Å². The third kappa shape index (κ3) is 5.62. The molecule has 2 amide bonds. The predicted octanol–water partition coefficient (Wildman–Crippen LogP) is 5.69. The van der Waals surface area contributed by atoms with Crippen molar-refractivity contribution in [2.24, 2.45) is 5.92 Å². The minimum Gasteiger partial charge on any atom is -0.378 e. The minimum atomic E-state index is -0.0598. The number of hydrogen-bond donors (Lipinski definition) is 1. The predicted molar refractivity (Wildman–Crippen MR) is 132 cm³/mol. The van der Waals surface area contributed by atoms with E-state index in [4.69, 9.17) is 0 Å². The molecule has 1 heterocycles. The molecular formula is C25H33N3O2S. The quantitative estimate of drug-likeness (QED) is 0.546. The lowest BCUT2D eigenvalue weighted by atomic mass is 9.98. The first-order valence-corrected chi connectivity index (χ1v) is 12.1. The molecule has 31 heavy (non-hydrogen) atoms. The van der Waals surface area contributed by atoms with Gasteiger partial charge in [-0.1, -0.05) is 38.8 Å². The van der Waals surface area contributed by atoms with Crippen molar-refractivity contribution >= 4 is 40.6 Å². The average molecular weight is 440 g/mol. The maximum atomic E-state index is 12.6. The van der Waals surface area contributed by atoms with Crippen LogP contribution in [0.5, 0.6) is 0 Å². The lowest BCUT2D eigenvalue weighted by Gasteiger charge is -2.25. The molecule has 2 aromatic carbocycles. The molecule has 6 heteroatoms. The lowest BCUT2D eigenvalue weighted by Crippen LogP contribution is -2.27. The Labute approximate surface area is 190 Å². The van der Waals surface area contributed by atoms with Gasteiger partial charge in [0, 0.05) is 37.1 Å². The lowest BCUT2D eigenvalue weighted by molar-refractivity contribution is -0.120. The summed E-state index contributed by atoms with van der Waals surface area (Å²) in [6.45, 7) is 4.21. The number of carbonyl (C=O) groups is 2. The zero-order valence-corrected chi connectivity index (χ0v) is 19.7. The van der Waals surface area contributed by atoms with E-state index in [0.29, 0.717) is 5.75 Å². The van der Waals surface area contributed by atoms with E-state index in [1.165, 1.54) is 0 Å². The molecule has 166 valence electrons. The van der Waals surface area contributed by atoms with E-state index in [0.717, 1.165) is 48.3 Å². The van der Waals surface area contributed by atoms with Gasteiger partial charge >= 0.3 is 0 Å². The first-order valence-electron chi connectivity index (χ1n) is 11.1. The van der Waals surface area contributed by atoms with Gasteiger partial charge in [-0.2, -0.15) is 0 Å².